The number of ether oxygens (including phenoxy) is 2. The molecule has 5 rings (SSSR count). The van der Waals surface area contributed by atoms with Gasteiger partial charge in [0.05, 0.1) is 18.4 Å². The lowest BCUT2D eigenvalue weighted by Gasteiger charge is -2.41. The molecule has 2 aliphatic rings. The minimum atomic E-state index is -1.12. The Kier molecular flexibility index (Phi) is 9.59. The van der Waals surface area contributed by atoms with Gasteiger partial charge in [0, 0.05) is 55.2 Å². The molecule has 2 aliphatic heterocycles. The highest BCUT2D eigenvalue weighted by molar-refractivity contribution is 5.88. The zero-order valence-electron chi connectivity index (χ0n) is 29.6. The average molecular weight is 628 g/mol. The third-order valence-electron chi connectivity index (χ3n) is 10.0. The summed E-state index contributed by atoms with van der Waals surface area (Å²) in [6.07, 6.45) is 1.92. The molecule has 0 bridgehead atoms. The number of hydrogen-bond donors (Lipinski definition) is 1. The lowest BCUT2D eigenvalue weighted by molar-refractivity contribution is -0.160. The largest absolute Gasteiger partial charge is 0.496 e. The van der Waals surface area contributed by atoms with Crippen molar-refractivity contribution in [3.8, 4) is 16.9 Å². The lowest BCUT2D eigenvalue weighted by Crippen LogP contribution is -2.39. The van der Waals surface area contributed by atoms with Crippen LogP contribution in [-0.4, -0.2) is 53.3 Å². The monoisotopic (exact) mass is 627 g/mol. The maximum absolute atomic E-state index is 12.8. The minimum Gasteiger partial charge on any atom is -0.496 e. The summed E-state index contributed by atoms with van der Waals surface area (Å²) in [5.74, 6) is -0.0462. The highest BCUT2D eigenvalue weighted by Gasteiger charge is 2.36. The number of anilines is 1. The van der Waals surface area contributed by atoms with E-state index in [1.165, 1.54) is 27.8 Å². The van der Waals surface area contributed by atoms with Gasteiger partial charge in [-0.3, -0.25) is 9.88 Å². The molecular formula is C39H53N3O4. The molecule has 1 N–H and O–H groups in total. The van der Waals surface area contributed by atoms with Gasteiger partial charge in [0.15, 0.2) is 6.10 Å². The van der Waals surface area contributed by atoms with E-state index in [2.05, 4.69) is 74.8 Å². The van der Waals surface area contributed by atoms with Crippen LogP contribution in [0.1, 0.15) is 98.3 Å². The first kappa shape index (κ1) is 33.9. The second-order valence-electron chi connectivity index (χ2n) is 15.1. The van der Waals surface area contributed by atoms with Crippen LogP contribution in [0.25, 0.3) is 11.1 Å². The molecule has 7 heteroatoms. The number of aryl methyl sites for hydroxylation is 2. The molecular weight excluding hydrogens is 574 g/mol. The van der Waals surface area contributed by atoms with Crippen molar-refractivity contribution in [3.63, 3.8) is 0 Å². The maximum atomic E-state index is 12.8. The van der Waals surface area contributed by atoms with Crippen LogP contribution in [0, 0.1) is 33.1 Å². The van der Waals surface area contributed by atoms with Crippen molar-refractivity contribution in [1.82, 2.24) is 9.88 Å². The Bertz CT molecular complexity index is 1610. The molecule has 0 spiro atoms. The van der Waals surface area contributed by atoms with Gasteiger partial charge < -0.3 is 19.5 Å². The molecule has 0 radical (unpaired) electrons. The topological polar surface area (TPSA) is 75.1 Å². The van der Waals surface area contributed by atoms with E-state index >= 15 is 0 Å². The number of pyridine rings is 1. The van der Waals surface area contributed by atoms with Crippen LogP contribution in [-0.2, 0) is 29.0 Å². The maximum Gasteiger partial charge on any atom is 0.337 e. The molecule has 7 nitrogen and oxygen atoms in total. The molecule has 0 unspecified atom stereocenters. The number of rotatable bonds is 8. The summed E-state index contributed by atoms with van der Waals surface area (Å²) >= 11 is 0. The van der Waals surface area contributed by atoms with E-state index in [9.17, 15) is 9.90 Å². The van der Waals surface area contributed by atoms with Gasteiger partial charge in [-0.15, -0.1) is 0 Å². The molecule has 1 atom stereocenters. The van der Waals surface area contributed by atoms with E-state index in [0.29, 0.717) is 5.56 Å². The molecule has 1 fully saturated rings. The second kappa shape index (κ2) is 13.0. The number of nitrogens with zero attached hydrogens (tertiary/aromatic N) is 3. The number of aromatic nitrogens is 1. The van der Waals surface area contributed by atoms with Gasteiger partial charge in [0.25, 0.3) is 0 Å². The number of carbonyl (C=O) groups is 1. The average Bonchev–Trinajstić information content (AvgIpc) is 2.98. The Labute approximate surface area is 275 Å². The van der Waals surface area contributed by atoms with Crippen molar-refractivity contribution in [2.45, 2.75) is 106 Å². The van der Waals surface area contributed by atoms with E-state index in [1.807, 2.05) is 27.7 Å². The van der Waals surface area contributed by atoms with E-state index < -0.39 is 17.7 Å². The van der Waals surface area contributed by atoms with Gasteiger partial charge in [-0.05, 0) is 113 Å². The fraction of sp³-hybridized carbons (Fsp3) is 0.538. The number of aliphatic carboxylic acids is 1. The summed E-state index contributed by atoms with van der Waals surface area (Å²) in [7, 11) is 1.73. The van der Waals surface area contributed by atoms with Crippen LogP contribution in [0.3, 0.4) is 0 Å². The van der Waals surface area contributed by atoms with E-state index in [1.54, 1.807) is 7.11 Å². The predicted molar refractivity (Wildman–Crippen MR) is 186 cm³/mol. The number of methoxy groups -OCH3 is 1. The van der Waals surface area contributed by atoms with Crippen LogP contribution in [0.15, 0.2) is 30.3 Å². The van der Waals surface area contributed by atoms with Gasteiger partial charge in [0.2, 0.25) is 0 Å². The zero-order valence-corrected chi connectivity index (χ0v) is 29.6. The van der Waals surface area contributed by atoms with Gasteiger partial charge in [-0.25, -0.2) is 4.79 Å². The molecule has 2 aromatic carbocycles. The summed E-state index contributed by atoms with van der Waals surface area (Å²) < 4.78 is 11.8. The SMILES string of the molecule is COc1ccc(CN2CCc3cc(-c4c(C)nc(C)c([C@H](OC(C)(C)C)C(=O)O)c4N4CCC(C)(C)CC4)ccc3C2)c(C)c1C. The highest BCUT2D eigenvalue weighted by Crippen LogP contribution is 2.45. The molecule has 0 aliphatic carbocycles. The second-order valence-corrected chi connectivity index (χ2v) is 15.1. The van der Waals surface area contributed by atoms with E-state index in [-0.39, 0.29) is 5.41 Å². The van der Waals surface area contributed by atoms with Crippen LogP contribution < -0.4 is 9.64 Å². The predicted octanol–water partition coefficient (Wildman–Crippen LogP) is 8.12. The smallest absolute Gasteiger partial charge is 0.337 e. The van der Waals surface area contributed by atoms with Crippen LogP contribution in [0.4, 0.5) is 5.69 Å². The summed E-state index contributed by atoms with van der Waals surface area (Å²) in [5, 5.41) is 10.5. The Morgan fingerprint density at radius 3 is 2.30 bits per heavy atom. The van der Waals surface area contributed by atoms with Gasteiger partial charge >= 0.3 is 5.97 Å². The Morgan fingerprint density at radius 2 is 1.67 bits per heavy atom. The fourth-order valence-corrected chi connectivity index (χ4v) is 7.14. The zero-order chi connectivity index (χ0) is 33.6. The minimum absolute atomic E-state index is 0.253. The standard InChI is InChI=1S/C39H53N3O4/c1-24-25(2)32(45-10)14-13-30(24)22-41-18-15-28-21-29(11-12-31(28)23-41)33-26(3)40-27(4)34(36(37(43)44)46-38(5,6)7)35(33)42-19-16-39(8,9)17-20-42/h11-14,21,36H,15-20,22-23H2,1-10H3,(H,43,44)/t36-/m0/s1. The summed E-state index contributed by atoms with van der Waals surface area (Å²) in [6, 6.07) is 11.1. The molecule has 0 amide bonds. The number of fused-ring (bicyclic) bond motifs is 1. The number of carboxylic acid groups (broad SMARTS) is 1. The van der Waals surface area contributed by atoms with E-state index in [0.717, 1.165) is 85.9 Å². The van der Waals surface area contributed by atoms with Gasteiger partial charge in [-0.1, -0.05) is 38.1 Å². The highest BCUT2D eigenvalue weighted by atomic mass is 16.5. The Balaban J connectivity index is 1.54. The molecule has 0 saturated carbocycles. The molecule has 248 valence electrons. The van der Waals surface area contributed by atoms with Crippen LogP contribution in [0.5, 0.6) is 5.75 Å². The number of benzene rings is 2. The first-order valence-corrected chi connectivity index (χ1v) is 16.7. The van der Waals surface area contributed by atoms with Crippen LogP contribution >= 0.6 is 0 Å². The fourth-order valence-electron chi connectivity index (χ4n) is 7.14. The number of carboxylic acids is 1. The Morgan fingerprint density at radius 1 is 0.978 bits per heavy atom. The third-order valence-corrected chi connectivity index (χ3v) is 10.0. The molecule has 3 aromatic rings. The van der Waals surface area contributed by atoms with Crippen molar-refractivity contribution in [3.05, 3.63) is 75.1 Å². The summed E-state index contributed by atoms with van der Waals surface area (Å²) in [5.41, 5.74) is 11.6. The summed E-state index contributed by atoms with van der Waals surface area (Å²) in [4.78, 5) is 22.7. The quantitative estimate of drug-likeness (QED) is 0.270. The molecule has 1 saturated heterocycles. The third kappa shape index (κ3) is 7.11. The Hall–Kier alpha value is -3.42. The van der Waals surface area contributed by atoms with Crippen molar-refractivity contribution in [2.24, 2.45) is 5.41 Å². The number of piperidine rings is 1. The first-order valence-electron chi connectivity index (χ1n) is 16.7. The number of hydrogen-bond acceptors (Lipinski definition) is 6. The van der Waals surface area contributed by atoms with Crippen LogP contribution in [0.2, 0.25) is 0 Å². The van der Waals surface area contributed by atoms with Crippen molar-refractivity contribution < 1.29 is 19.4 Å². The first-order chi connectivity index (χ1) is 21.6. The molecule has 1 aromatic heterocycles. The molecule has 3 heterocycles. The van der Waals surface area contributed by atoms with Crippen molar-refractivity contribution >= 4 is 11.7 Å². The normalized spacial score (nSPS) is 17.5. The van der Waals surface area contributed by atoms with Gasteiger partial charge in [0.1, 0.15) is 5.75 Å². The summed E-state index contributed by atoms with van der Waals surface area (Å²) in [6.45, 7) is 23.2. The van der Waals surface area contributed by atoms with E-state index in [4.69, 9.17) is 14.5 Å². The lowest BCUT2D eigenvalue weighted by atomic mass is 9.81. The molecule has 46 heavy (non-hydrogen) atoms. The van der Waals surface area contributed by atoms with Gasteiger partial charge in [-0.2, -0.15) is 0 Å². The van der Waals surface area contributed by atoms with Crippen molar-refractivity contribution in [1.29, 1.82) is 0 Å². The van der Waals surface area contributed by atoms with Crippen molar-refractivity contribution in [2.75, 3.05) is 31.6 Å².